The van der Waals surface area contributed by atoms with Crippen LogP contribution < -0.4 is 5.32 Å². The maximum Gasteiger partial charge on any atom is 0.220 e. The highest BCUT2D eigenvalue weighted by Gasteiger charge is 2.46. The van der Waals surface area contributed by atoms with Crippen LogP contribution >= 0.6 is 0 Å². The average Bonchev–Trinajstić information content (AvgIpc) is 2.36. The van der Waals surface area contributed by atoms with E-state index in [1.807, 2.05) is 13.8 Å². The van der Waals surface area contributed by atoms with E-state index in [4.69, 9.17) is 0 Å². The highest BCUT2D eigenvalue weighted by molar-refractivity contribution is 5.79. The Bertz CT molecular complexity index is 171. The Kier molecular flexibility index (Phi) is 2.76. The van der Waals surface area contributed by atoms with Crippen LogP contribution in [0.4, 0.5) is 0 Å². The van der Waals surface area contributed by atoms with Crippen LogP contribution in [0.1, 0.15) is 46.5 Å². The van der Waals surface area contributed by atoms with Gasteiger partial charge in [0.1, 0.15) is 0 Å². The van der Waals surface area contributed by atoms with Crippen LogP contribution in [0, 0.1) is 5.92 Å². The summed E-state index contributed by atoms with van der Waals surface area (Å²) in [5, 5.41) is 3.06. The van der Waals surface area contributed by atoms with E-state index >= 15 is 0 Å². The molecule has 0 bridgehead atoms. The SMILES string of the molecule is CC.CC1CC2(CCC(=O)N2)C1. The van der Waals surface area contributed by atoms with E-state index in [9.17, 15) is 4.79 Å². The number of hydrogen-bond donors (Lipinski definition) is 1. The Labute approximate surface area is 74.7 Å². The van der Waals surface area contributed by atoms with Crippen LogP contribution in [0.5, 0.6) is 0 Å². The van der Waals surface area contributed by atoms with Crippen LogP contribution in [0.3, 0.4) is 0 Å². The van der Waals surface area contributed by atoms with Gasteiger partial charge in [-0.25, -0.2) is 0 Å². The molecular weight excluding hydrogens is 150 g/mol. The maximum absolute atomic E-state index is 10.8. The first-order valence-corrected chi connectivity index (χ1v) is 5.01. The lowest BCUT2D eigenvalue weighted by molar-refractivity contribution is -0.120. The van der Waals surface area contributed by atoms with Gasteiger partial charge in [-0.05, 0) is 25.2 Å². The first-order chi connectivity index (χ1) is 5.70. The third-order valence-corrected chi connectivity index (χ3v) is 2.71. The molecule has 0 radical (unpaired) electrons. The zero-order valence-corrected chi connectivity index (χ0v) is 8.31. The number of rotatable bonds is 0. The summed E-state index contributed by atoms with van der Waals surface area (Å²) in [6.45, 7) is 6.25. The minimum Gasteiger partial charge on any atom is -0.351 e. The third-order valence-electron chi connectivity index (χ3n) is 2.71. The minimum atomic E-state index is 0.256. The highest BCUT2D eigenvalue weighted by atomic mass is 16.2. The molecular formula is C10H19NO. The number of carbonyl (C=O) groups excluding carboxylic acids is 1. The Balaban J connectivity index is 0.000000336. The monoisotopic (exact) mass is 169 g/mol. The van der Waals surface area contributed by atoms with Gasteiger partial charge >= 0.3 is 0 Å². The second kappa shape index (κ2) is 3.46. The molecule has 1 saturated carbocycles. The van der Waals surface area contributed by atoms with Crippen molar-refractivity contribution in [2.24, 2.45) is 5.92 Å². The molecule has 1 aliphatic carbocycles. The summed E-state index contributed by atoms with van der Waals surface area (Å²) < 4.78 is 0. The molecule has 0 aromatic carbocycles. The fourth-order valence-electron chi connectivity index (χ4n) is 2.35. The lowest BCUT2D eigenvalue weighted by atomic mass is 9.68. The molecule has 0 atom stereocenters. The van der Waals surface area contributed by atoms with Crippen molar-refractivity contribution in [1.29, 1.82) is 0 Å². The number of amides is 1. The molecule has 1 amide bonds. The van der Waals surface area contributed by atoms with Crippen molar-refractivity contribution in [3.63, 3.8) is 0 Å². The molecule has 1 saturated heterocycles. The topological polar surface area (TPSA) is 29.1 Å². The van der Waals surface area contributed by atoms with Crippen molar-refractivity contribution < 1.29 is 4.79 Å². The molecule has 0 aromatic rings. The average molecular weight is 169 g/mol. The normalized spacial score (nSPS) is 38.2. The molecule has 2 heteroatoms. The molecule has 70 valence electrons. The van der Waals surface area contributed by atoms with Gasteiger partial charge in [-0.2, -0.15) is 0 Å². The second-order valence-electron chi connectivity index (χ2n) is 3.84. The minimum absolute atomic E-state index is 0.256. The molecule has 1 aliphatic heterocycles. The lowest BCUT2D eigenvalue weighted by Gasteiger charge is -2.43. The Morgan fingerprint density at radius 2 is 2.00 bits per heavy atom. The molecule has 0 aromatic heterocycles. The van der Waals surface area contributed by atoms with Crippen LogP contribution in [0.2, 0.25) is 0 Å². The molecule has 1 spiro atoms. The Hall–Kier alpha value is -0.530. The van der Waals surface area contributed by atoms with E-state index in [2.05, 4.69) is 12.2 Å². The van der Waals surface area contributed by atoms with Gasteiger partial charge in [0.05, 0.1) is 0 Å². The summed E-state index contributed by atoms with van der Waals surface area (Å²) in [7, 11) is 0. The van der Waals surface area contributed by atoms with Gasteiger partial charge in [-0.3, -0.25) is 4.79 Å². The van der Waals surface area contributed by atoms with E-state index in [0.717, 1.165) is 18.8 Å². The summed E-state index contributed by atoms with van der Waals surface area (Å²) in [4.78, 5) is 10.8. The Morgan fingerprint density at radius 1 is 1.42 bits per heavy atom. The van der Waals surface area contributed by atoms with Crippen LogP contribution in [0.25, 0.3) is 0 Å². The summed E-state index contributed by atoms with van der Waals surface area (Å²) in [6.07, 6.45) is 4.25. The smallest absolute Gasteiger partial charge is 0.220 e. The van der Waals surface area contributed by atoms with Crippen LogP contribution in [0.15, 0.2) is 0 Å². The van der Waals surface area contributed by atoms with Gasteiger partial charge in [-0.15, -0.1) is 0 Å². The number of nitrogens with one attached hydrogen (secondary N) is 1. The van der Waals surface area contributed by atoms with Gasteiger partial charge in [0.15, 0.2) is 0 Å². The standard InChI is InChI=1S/C8H13NO.C2H6/c1-6-4-8(5-6)3-2-7(10)9-8;1-2/h6H,2-5H2,1H3,(H,9,10);1-2H3. The third kappa shape index (κ3) is 1.62. The largest absolute Gasteiger partial charge is 0.351 e. The summed E-state index contributed by atoms with van der Waals surface area (Å²) in [5.41, 5.74) is 0.260. The zero-order valence-electron chi connectivity index (χ0n) is 8.31. The van der Waals surface area contributed by atoms with E-state index < -0.39 is 0 Å². The lowest BCUT2D eigenvalue weighted by Crippen LogP contribution is -2.51. The first-order valence-electron chi connectivity index (χ1n) is 5.01. The molecule has 0 unspecified atom stereocenters. The van der Waals surface area contributed by atoms with Crippen molar-refractivity contribution in [3.05, 3.63) is 0 Å². The van der Waals surface area contributed by atoms with E-state index in [1.54, 1.807) is 0 Å². The van der Waals surface area contributed by atoms with Crippen molar-refractivity contribution in [2.75, 3.05) is 0 Å². The molecule has 2 fully saturated rings. The maximum atomic E-state index is 10.8. The Morgan fingerprint density at radius 3 is 2.33 bits per heavy atom. The number of carbonyl (C=O) groups is 1. The van der Waals surface area contributed by atoms with E-state index in [1.165, 1.54) is 12.8 Å². The highest BCUT2D eigenvalue weighted by Crippen LogP contribution is 2.43. The summed E-state index contributed by atoms with van der Waals surface area (Å²) in [6, 6.07) is 0. The van der Waals surface area contributed by atoms with Gasteiger partial charge in [0.2, 0.25) is 5.91 Å². The number of hydrogen-bond acceptors (Lipinski definition) is 1. The van der Waals surface area contributed by atoms with Gasteiger partial charge in [0, 0.05) is 12.0 Å². The van der Waals surface area contributed by atoms with E-state index in [0.29, 0.717) is 0 Å². The predicted octanol–water partition coefficient (Wildman–Crippen LogP) is 2.09. The molecule has 1 N–H and O–H groups in total. The molecule has 12 heavy (non-hydrogen) atoms. The van der Waals surface area contributed by atoms with Crippen molar-refractivity contribution in [1.82, 2.24) is 5.32 Å². The van der Waals surface area contributed by atoms with Crippen molar-refractivity contribution >= 4 is 5.91 Å². The molecule has 2 nitrogen and oxygen atoms in total. The van der Waals surface area contributed by atoms with Gasteiger partial charge < -0.3 is 5.32 Å². The second-order valence-corrected chi connectivity index (χ2v) is 3.84. The fourth-order valence-corrected chi connectivity index (χ4v) is 2.35. The van der Waals surface area contributed by atoms with Gasteiger partial charge in [0.25, 0.3) is 0 Å². The quantitative estimate of drug-likeness (QED) is 0.591. The van der Waals surface area contributed by atoms with Crippen molar-refractivity contribution in [3.8, 4) is 0 Å². The zero-order chi connectivity index (χ0) is 9.19. The molecule has 1 heterocycles. The van der Waals surface area contributed by atoms with E-state index in [-0.39, 0.29) is 11.4 Å². The molecule has 2 aliphatic rings. The first kappa shape index (κ1) is 9.56. The summed E-state index contributed by atoms with van der Waals surface area (Å²) in [5.74, 6) is 1.09. The van der Waals surface area contributed by atoms with Crippen LogP contribution in [-0.2, 0) is 4.79 Å². The molecule has 2 rings (SSSR count). The summed E-state index contributed by atoms with van der Waals surface area (Å²) >= 11 is 0. The predicted molar refractivity (Wildman–Crippen MR) is 49.9 cm³/mol. The van der Waals surface area contributed by atoms with Gasteiger partial charge in [-0.1, -0.05) is 20.8 Å². The fraction of sp³-hybridized carbons (Fsp3) is 0.900. The van der Waals surface area contributed by atoms with Crippen molar-refractivity contribution in [2.45, 2.75) is 52.0 Å². The van der Waals surface area contributed by atoms with Crippen LogP contribution in [-0.4, -0.2) is 11.4 Å².